The fourth-order valence-electron chi connectivity index (χ4n) is 1.45. The Bertz CT molecular complexity index is 672. The molecule has 0 bridgehead atoms. The zero-order valence-corrected chi connectivity index (χ0v) is 11.3. The van der Waals surface area contributed by atoms with Crippen molar-refractivity contribution < 1.29 is 13.7 Å². The van der Waals surface area contributed by atoms with Crippen molar-refractivity contribution in [2.45, 2.75) is 6.43 Å². The molecule has 1 aromatic heterocycles. The van der Waals surface area contributed by atoms with Gasteiger partial charge in [0.2, 0.25) is 0 Å². The molecule has 1 heterocycles. The van der Waals surface area contributed by atoms with E-state index in [2.05, 4.69) is 31.1 Å². The molecular formula is C11H7BrF2N4O2. The van der Waals surface area contributed by atoms with Crippen molar-refractivity contribution in [3.05, 3.63) is 50.1 Å². The molecule has 0 saturated carbocycles. The number of hydrogen-bond acceptors (Lipinski definition) is 4. The molecule has 1 N–H and O–H groups in total. The van der Waals surface area contributed by atoms with Crippen molar-refractivity contribution >= 4 is 33.6 Å². The Kier molecular flexibility index (Phi) is 4.18. The lowest BCUT2D eigenvalue weighted by molar-refractivity contribution is -0.385. The van der Waals surface area contributed by atoms with E-state index in [1.54, 1.807) is 6.07 Å². The summed E-state index contributed by atoms with van der Waals surface area (Å²) >= 11 is 3.17. The number of alkyl halides is 2. The first-order valence-corrected chi connectivity index (χ1v) is 6.08. The SMILES string of the molecule is O=[N+]([O-])c1cccc(Br)c1/C=N/c1cc(C(F)F)[nH]n1. The lowest BCUT2D eigenvalue weighted by Gasteiger charge is -1.99. The Hall–Kier alpha value is -2.16. The lowest BCUT2D eigenvalue weighted by Crippen LogP contribution is -1.95. The van der Waals surface area contributed by atoms with Gasteiger partial charge in [0.1, 0.15) is 5.69 Å². The van der Waals surface area contributed by atoms with Crippen LogP contribution in [-0.2, 0) is 0 Å². The molecule has 1 aromatic carbocycles. The highest BCUT2D eigenvalue weighted by Crippen LogP contribution is 2.26. The van der Waals surface area contributed by atoms with Gasteiger partial charge in [0.05, 0.1) is 10.5 Å². The van der Waals surface area contributed by atoms with Gasteiger partial charge >= 0.3 is 0 Å². The molecule has 0 fully saturated rings. The number of H-pyrrole nitrogens is 1. The number of nitrogens with one attached hydrogen (secondary N) is 1. The molecule has 0 aliphatic heterocycles. The number of nitrogens with zero attached hydrogens (tertiary/aromatic N) is 3. The van der Waals surface area contributed by atoms with E-state index < -0.39 is 11.3 Å². The summed E-state index contributed by atoms with van der Waals surface area (Å²) in [6.45, 7) is 0. The fourth-order valence-corrected chi connectivity index (χ4v) is 1.90. The molecule has 2 aromatic rings. The van der Waals surface area contributed by atoms with Crippen molar-refractivity contribution in [1.82, 2.24) is 10.2 Å². The maximum absolute atomic E-state index is 12.4. The Morgan fingerprint density at radius 2 is 2.25 bits per heavy atom. The minimum absolute atomic E-state index is 0.0188. The van der Waals surface area contributed by atoms with Gasteiger partial charge in [-0.1, -0.05) is 6.07 Å². The van der Waals surface area contributed by atoms with E-state index in [4.69, 9.17) is 0 Å². The number of aromatic amines is 1. The summed E-state index contributed by atoms with van der Waals surface area (Å²) in [5.41, 5.74) is -0.273. The Balaban J connectivity index is 2.33. The van der Waals surface area contributed by atoms with Crippen LogP contribution in [0, 0.1) is 10.1 Å². The fraction of sp³-hybridized carbons (Fsp3) is 0.0909. The van der Waals surface area contributed by atoms with Crippen LogP contribution < -0.4 is 0 Å². The number of aliphatic imine (C=N–C) groups is 1. The summed E-state index contributed by atoms with van der Waals surface area (Å²) in [6, 6.07) is 5.53. The molecule has 0 aliphatic carbocycles. The molecule has 2 rings (SSSR count). The van der Waals surface area contributed by atoms with Crippen LogP contribution in [0.5, 0.6) is 0 Å². The normalized spacial score (nSPS) is 11.4. The molecule has 0 amide bonds. The molecule has 0 radical (unpaired) electrons. The Morgan fingerprint density at radius 3 is 2.85 bits per heavy atom. The van der Waals surface area contributed by atoms with Crippen LogP contribution in [0.3, 0.4) is 0 Å². The van der Waals surface area contributed by atoms with Gasteiger partial charge in [-0.05, 0) is 22.0 Å². The summed E-state index contributed by atoms with van der Waals surface area (Å²) < 4.78 is 25.2. The third-order valence-electron chi connectivity index (χ3n) is 2.37. The summed E-state index contributed by atoms with van der Waals surface area (Å²) in [5.74, 6) is 0.0188. The van der Waals surface area contributed by atoms with Crippen molar-refractivity contribution in [2.24, 2.45) is 4.99 Å². The zero-order chi connectivity index (χ0) is 14.7. The van der Waals surface area contributed by atoms with Gasteiger partial charge in [-0.3, -0.25) is 15.2 Å². The summed E-state index contributed by atoms with van der Waals surface area (Å²) in [7, 11) is 0. The van der Waals surface area contributed by atoms with Gasteiger partial charge < -0.3 is 0 Å². The number of halogens is 3. The van der Waals surface area contributed by atoms with Crippen LogP contribution in [-0.4, -0.2) is 21.3 Å². The minimum atomic E-state index is -2.68. The highest BCUT2D eigenvalue weighted by Gasteiger charge is 2.15. The topological polar surface area (TPSA) is 84.2 Å². The maximum atomic E-state index is 12.4. The molecule has 0 unspecified atom stereocenters. The second-order valence-corrected chi connectivity index (χ2v) is 4.52. The summed E-state index contributed by atoms with van der Waals surface area (Å²) in [4.78, 5) is 14.2. The van der Waals surface area contributed by atoms with E-state index >= 15 is 0 Å². The average molecular weight is 345 g/mol. The number of aromatic nitrogens is 2. The second-order valence-electron chi connectivity index (χ2n) is 3.67. The molecular weight excluding hydrogens is 338 g/mol. The first-order valence-electron chi connectivity index (χ1n) is 5.29. The third-order valence-corrected chi connectivity index (χ3v) is 3.06. The number of benzene rings is 1. The van der Waals surface area contributed by atoms with Crippen molar-refractivity contribution in [3.8, 4) is 0 Å². The molecule has 6 nitrogen and oxygen atoms in total. The first kappa shape index (κ1) is 14.3. The van der Waals surface area contributed by atoms with E-state index in [-0.39, 0.29) is 22.8 Å². The van der Waals surface area contributed by atoms with Crippen LogP contribution in [0.15, 0.2) is 33.7 Å². The van der Waals surface area contributed by atoms with E-state index in [0.717, 1.165) is 6.07 Å². The Morgan fingerprint density at radius 1 is 1.50 bits per heavy atom. The van der Waals surface area contributed by atoms with Crippen LogP contribution in [0.25, 0.3) is 0 Å². The minimum Gasteiger partial charge on any atom is -0.275 e. The highest BCUT2D eigenvalue weighted by molar-refractivity contribution is 9.10. The van der Waals surface area contributed by atoms with Crippen LogP contribution in [0.2, 0.25) is 0 Å². The molecule has 0 spiro atoms. The number of nitro groups is 1. The van der Waals surface area contributed by atoms with Gasteiger partial charge in [0.15, 0.2) is 5.82 Å². The third kappa shape index (κ3) is 3.05. The van der Waals surface area contributed by atoms with Crippen molar-refractivity contribution in [2.75, 3.05) is 0 Å². The zero-order valence-electron chi connectivity index (χ0n) is 9.76. The molecule has 20 heavy (non-hydrogen) atoms. The number of nitro benzene ring substituents is 1. The quantitative estimate of drug-likeness (QED) is 0.520. The number of rotatable bonds is 4. The van der Waals surface area contributed by atoms with Crippen molar-refractivity contribution in [3.63, 3.8) is 0 Å². The molecule has 104 valence electrons. The standard InChI is InChI=1S/C11H7BrF2N4O2/c12-7-2-1-3-9(18(19)20)6(7)5-15-10-4-8(11(13)14)16-17-10/h1-5,11H,(H,16,17)/b15-5+. The van der Waals surface area contributed by atoms with Gasteiger partial charge in [0.25, 0.3) is 12.1 Å². The molecule has 0 aliphatic rings. The van der Waals surface area contributed by atoms with Crippen LogP contribution in [0.1, 0.15) is 17.7 Å². The van der Waals surface area contributed by atoms with Gasteiger partial charge in [0, 0.05) is 22.8 Å². The smallest absolute Gasteiger partial charge is 0.275 e. The van der Waals surface area contributed by atoms with Gasteiger partial charge in [-0.25, -0.2) is 13.8 Å². The van der Waals surface area contributed by atoms with Crippen molar-refractivity contribution in [1.29, 1.82) is 0 Å². The second kappa shape index (κ2) is 5.87. The van der Waals surface area contributed by atoms with Gasteiger partial charge in [-0.2, -0.15) is 5.10 Å². The largest absolute Gasteiger partial charge is 0.279 e. The van der Waals surface area contributed by atoms with E-state index in [1.807, 2.05) is 0 Å². The molecule has 9 heteroatoms. The molecule has 0 saturated heterocycles. The van der Waals surface area contributed by atoms with E-state index in [0.29, 0.717) is 4.47 Å². The number of hydrogen-bond donors (Lipinski definition) is 1. The summed E-state index contributed by atoms with van der Waals surface area (Å²) in [6.07, 6.45) is -1.47. The summed E-state index contributed by atoms with van der Waals surface area (Å²) in [5, 5.41) is 16.6. The van der Waals surface area contributed by atoms with Crippen LogP contribution >= 0.6 is 15.9 Å². The first-order chi connectivity index (χ1) is 9.49. The highest BCUT2D eigenvalue weighted by atomic mass is 79.9. The van der Waals surface area contributed by atoms with E-state index in [1.165, 1.54) is 18.3 Å². The lowest BCUT2D eigenvalue weighted by atomic mass is 10.2. The van der Waals surface area contributed by atoms with Crippen LogP contribution in [0.4, 0.5) is 20.3 Å². The predicted molar refractivity (Wildman–Crippen MR) is 71.6 cm³/mol. The Labute approximate surface area is 119 Å². The van der Waals surface area contributed by atoms with Gasteiger partial charge in [-0.15, -0.1) is 0 Å². The molecule has 0 atom stereocenters. The predicted octanol–water partition coefficient (Wildman–Crippen LogP) is 3.77. The average Bonchev–Trinajstić information content (AvgIpc) is 2.86. The van der Waals surface area contributed by atoms with E-state index in [9.17, 15) is 18.9 Å². The monoisotopic (exact) mass is 344 g/mol. The maximum Gasteiger partial charge on any atom is 0.279 e.